The predicted molar refractivity (Wildman–Crippen MR) is 79.2 cm³/mol. The Balaban J connectivity index is 3.03. The van der Waals surface area contributed by atoms with Gasteiger partial charge in [-0.2, -0.15) is 0 Å². The van der Waals surface area contributed by atoms with Crippen LogP contribution in [0.5, 0.6) is 0 Å². The third-order valence-corrected chi connectivity index (χ3v) is 23.8. The first kappa shape index (κ1) is 16.9. The van der Waals surface area contributed by atoms with Gasteiger partial charge in [0.25, 0.3) is 0 Å². The number of hydrogen-bond acceptors (Lipinski definition) is 4. The highest BCUT2D eigenvalue weighted by Crippen LogP contribution is 3.10. The summed E-state index contributed by atoms with van der Waals surface area (Å²) in [4.78, 5) is 0. The van der Waals surface area contributed by atoms with Crippen LogP contribution in [-0.4, -0.2) is 23.3 Å². The Morgan fingerprint density at radius 2 is 1.28 bits per heavy atom. The minimum absolute atomic E-state index is 0.101. The third-order valence-electron chi connectivity index (χ3n) is 2.29. The van der Waals surface area contributed by atoms with Gasteiger partial charge in [0.1, 0.15) is 5.90 Å². The summed E-state index contributed by atoms with van der Waals surface area (Å²) >= 11 is 0. The molecule has 0 N–H and O–H groups in total. The van der Waals surface area contributed by atoms with E-state index in [4.69, 9.17) is 9.05 Å². The van der Waals surface area contributed by atoms with Crippen molar-refractivity contribution < 1.29 is 18.2 Å². The van der Waals surface area contributed by atoms with Crippen LogP contribution in [0.4, 0.5) is 0 Å². The summed E-state index contributed by atoms with van der Waals surface area (Å²) in [6.45, 7) is 13.4. The molecule has 1 aliphatic heterocycles. The smallest absolute Gasteiger partial charge is 0.242 e. The molecule has 0 spiro atoms. The molecule has 0 aromatic rings. The molecule has 1 saturated heterocycles. The summed E-state index contributed by atoms with van der Waals surface area (Å²) in [5.41, 5.74) is 0. The first-order valence-electron chi connectivity index (χ1n) is 6.27. The largest absolute Gasteiger partial charge is 0.322 e. The van der Waals surface area contributed by atoms with Crippen molar-refractivity contribution in [3.8, 4) is 0 Å². The van der Waals surface area contributed by atoms with Crippen LogP contribution in [0.2, 0.25) is 0 Å². The van der Waals surface area contributed by atoms with E-state index in [1.165, 1.54) is 0 Å². The second kappa shape index (κ2) is 5.30. The molecule has 1 fully saturated rings. The topological polar surface area (TPSA) is 52.6 Å². The molecule has 4 nitrogen and oxygen atoms in total. The van der Waals surface area contributed by atoms with E-state index in [0.717, 1.165) is 0 Å². The summed E-state index contributed by atoms with van der Waals surface area (Å²) in [5.74, 6) is 0.124. The second-order valence-electron chi connectivity index (χ2n) is 6.18. The Kier molecular flexibility index (Phi) is 4.97. The average molecular weight is 314 g/mol. The van der Waals surface area contributed by atoms with Gasteiger partial charge >= 0.3 is 0 Å². The van der Waals surface area contributed by atoms with E-state index >= 15 is 0 Å². The molecule has 0 aromatic heterocycles. The number of hydrogen-bond donors (Lipinski definition) is 0. The van der Waals surface area contributed by atoms with Crippen molar-refractivity contribution in [1.82, 2.24) is 0 Å². The summed E-state index contributed by atoms with van der Waals surface area (Å²) in [6, 6.07) is 0. The van der Waals surface area contributed by atoms with Crippen LogP contribution >= 0.6 is 21.4 Å². The molecule has 108 valence electrons. The zero-order chi connectivity index (χ0) is 14.4. The summed E-state index contributed by atoms with van der Waals surface area (Å²) in [5, 5.41) is -0.275. The SMILES string of the molecule is CC(C)OP1(=O)CP(=O)(OC(C)C)P1C(C)(C)C. The quantitative estimate of drug-likeness (QED) is 0.645. The molecule has 0 amide bonds. The predicted octanol–water partition coefficient (Wildman–Crippen LogP) is 5.47. The van der Waals surface area contributed by atoms with Crippen molar-refractivity contribution in [3.05, 3.63) is 0 Å². The fourth-order valence-electron chi connectivity index (χ4n) is 2.22. The van der Waals surface area contributed by atoms with Crippen molar-refractivity contribution in [1.29, 1.82) is 0 Å². The monoisotopic (exact) mass is 314 g/mol. The van der Waals surface area contributed by atoms with Gasteiger partial charge in [0, 0.05) is 0 Å². The minimum Gasteiger partial charge on any atom is -0.322 e. The molecule has 7 heteroatoms. The maximum absolute atomic E-state index is 12.8. The first-order valence-corrected chi connectivity index (χ1v) is 12.6. The van der Waals surface area contributed by atoms with E-state index in [-0.39, 0.29) is 23.3 Å². The minimum atomic E-state index is -2.78. The lowest BCUT2D eigenvalue weighted by Crippen LogP contribution is -2.23. The zero-order valence-corrected chi connectivity index (χ0v) is 15.0. The molecule has 0 bridgehead atoms. The van der Waals surface area contributed by atoms with Crippen LogP contribution in [0.25, 0.3) is 0 Å². The van der Waals surface area contributed by atoms with E-state index in [1.54, 1.807) is 0 Å². The van der Waals surface area contributed by atoms with E-state index < -0.39 is 21.4 Å². The second-order valence-corrected chi connectivity index (χ2v) is 19.2. The fraction of sp³-hybridized carbons (Fsp3) is 1.00. The zero-order valence-electron chi connectivity index (χ0n) is 12.3. The van der Waals surface area contributed by atoms with E-state index in [2.05, 4.69) is 0 Å². The Hall–Kier alpha value is 0.810. The van der Waals surface area contributed by atoms with Gasteiger partial charge in [-0.05, 0) is 32.9 Å². The summed E-state index contributed by atoms with van der Waals surface area (Å²) in [6.07, 6.45) is -0.202. The van der Waals surface area contributed by atoms with Gasteiger partial charge in [0.05, 0.1) is 19.5 Å². The van der Waals surface area contributed by atoms with Gasteiger partial charge in [-0.25, -0.2) is 0 Å². The molecule has 0 aromatic carbocycles. The van der Waals surface area contributed by atoms with Crippen LogP contribution in [-0.2, 0) is 18.2 Å². The third kappa shape index (κ3) is 3.47. The van der Waals surface area contributed by atoms with Crippen LogP contribution in [0.3, 0.4) is 0 Å². The Morgan fingerprint density at radius 3 is 1.50 bits per heavy atom. The average Bonchev–Trinajstić information content (AvgIpc) is 1.92. The molecular weight excluding hydrogens is 289 g/mol. The Morgan fingerprint density at radius 1 is 0.944 bits per heavy atom. The summed E-state index contributed by atoms with van der Waals surface area (Å²) < 4.78 is 36.9. The molecule has 18 heavy (non-hydrogen) atoms. The van der Waals surface area contributed by atoms with E-state index in [9.17, 15) is 9.13 Å². The maximum atomic E-state index is 12.8. The molecule has 0 aliphatic carbocycles. The normalized spacial score (nSPS) is 37.1. The molecule has 0 saturated carbocycles. The molecular formula is C11H25O4P3. The highest BCUT2D eigenvalue weighted by atomic mass is 32.5. The van der Waals surface area contributed by atoms with Crippen molar-refractivity contribution >= 4 is 21.4 Å². The maximum Gasteiger partial charge on any atom is 0.242 e. The van der Waals surface area contributed by atoms with Crippen LogP contribution in [0.15, 0.2) is 0 Å². The number of rotatable bonds is 4. The van der Waals surface area contributed by atoms with Crippen LogP contribution in [0, 0.1) is 0 Å². The van der Waals surface area contributed by atoms with Crippen molar-refractivity contribution in [2.45, 2.75) is 65.8 Å². The van der Waals surface area contributed by atoms with Gasteiger partial charge in [0.15, 0.2) is 0 Å². The highest BCUT2D eigenvalue weighted by molar-refractivity contribution is 8.70. The van der Waals surface area contributed by atoms with Crippen molar-refractivity contribution in [2.24, 2.45) is 0 Å². The van der Waals surface area contributed by atoms with Gasteiger partial charge < -0.3 is 9.05 Å². The molecule has 1 rings (SSSR count). The van der Waals surface area contributed by atoms with Gasteiger partial charge in [-0.3, -0.25) is 9.13 Å². The van der Waals surface area contributed by atoms with Gasteiger partial charge in [0.2, 0.25) is 14.1 Å². The van der Waals surface area contributed by atoms with E-state index in [1.807, 2.05) is 48.5 Å². The standard InChI is InChI=1S/C11H25O4P3/c1-9(2)14-17(12)8-18(13,15-10(3)4)16(17)11(5,6)7/h9-10H,8H2,1-7H3. The van der Waals surface area contributed by atoms with Crippen molar-refractivity contribution in [2.75, 3.05) is 5.90 Å². The summed E-state index contributed by atoms with van der Waals surface area (Å²) in [7, 11) is -6.79. The Labute approximate surface area is 112 Å². The lowest BCUT2D eigenvalue weighted by molar-refractivity contribution is 0.240. The Bertz CT molecular complexity index is 368. The lowest BCUT2D eigenvalue weighted by Gasteiger charge is -2.49. The fourth-order valence-corrected chi connectivity index (χ4v) is 24.9. The molecule has 1 aliphatic rings. The lowest BCUT2D eigenvalue weighted by atomic mass is 10.3. The molecule has 0 radical (unpaired) electrons. The van der Waals surface area contributed by atoms with Crippen LogP contribution < -0.4 is 0 Å². The highest BCUT2D eigenvalue weighted by Gasteiger charge is 2.66. The van der Waals surface area contributed by atoms with E-state index in [0.29, 0.717) is 0 Å². The van der Waals surface area contributed by atoms with Gasteiger partial charge in [-0.15, -0.1) is 0 Å². The van der Waals surface area contributed by atoms with Crippen molar-refractivity contribution in [3.63, 3.8) is 0 Å². The molecule has 1 heterocycles. The van der Waals surface area contributed by atoms with Crippen LogP contribution in [0.1, 0.15) is 48.5 Å². The first-order chi connectivity index (χ1) is 7.91. The molecule has 2 atom stereocenters. The van der Waals surface area contributed by atoms with Gasteiger partial charge in [-0.1, -0.05) is 20.8 Å². The molecule has 2 unspecified atom stereocenters.